The summed E-state index contributed by atoms with van der Waals surface area (Å²) in [6.07, 6.45) is -7.55. The van der Waals surface area contributed by atoms with E-state index in [1.54, 1.807) is 35.2 Å². The van der Waals surface area contributed by atoms with Crippen LogP contribution < -0.4 is 14.2 Å². The number of rotatable bonds is 6. The third-order valence-corrected chi connectivity index (χ3v) is 7.78. The van der Waals surface area contributed by atoms with Crippen LogP contribution in [-0.4, -0.2) is 81.6 Å². The number of ether oxygens (including phenoxy) is 3. The van der Waals surface area contributed by atoms with Crippen LogP contribution >= 0.6 is 0 Å². The second-order valence-electron chi connectivity index (χ2n) is 10.3. The summed E-state index contributed by atoms with van der Waals surface area (Å²) in [6.45, 7) is 1.61. The number of benzene rings is 2. The van der Waals surface area contributed by atoms with Crippen LogP contribution in [0.1, 0.15) is 33.2 Å². The normalized spacial score (nSPS) is 17.2. The molecule has 2 aromatic carbocycles. The van der Waals surface area contributed by atoms with Crippen LogP contribution in [0.3, 0.4) is 0 Å². The van der Waals surface area contributed by atoms with Crippen LogP contribution in [0, 0.1) is 6.92 Å². The van der Waals surface area contributed by atoms with Gasteiger partial charge in [-0.25, -0.2) is 9.50 Å². The molecule has 1 saturated heterocycles. The number of aliphatic hydroxyl groups is 1. The minimum Gasteiger partial charge on any atom is -0.497 e. The van der Waals surface area contributed by atoms with E-state index in [2.05, 4.69) is 19.6 Å². The van der Waals surface area contributed by atoms with Gasteiger partial charge in [0.15, 0.2) is 22.8 Å². The second kappa shape index (κ2) is 10.9. The Morgan fingerprint density at radius 2 is 1.80 bits per heavy atom. The van der Waals surface area contributed by atoms with Crippen molar-refractivity contribution in [1.29, 1.82) is 0 Å². The number of piperazine rings is 1. The highest BCUT2D eigenvalue weighted by atomic mass is 19.4. The molecule has 44 heavy (non-hydrogen) atoms. The molecule has 0 spiro atoms. The molecule has 10 nitrogen and oxygen atoms in total. The van der Waals surface area contributed by atoms with E-state index in [4.69, 9.17) is 4.74 Å². The first kappa shape index (κ1) is 29.6. The minimum absolute atomic E-state index is 0.0461. The largest absolute Gasteiger partial charge is 0.586 e. The summed E-state index contributed by atoms with van der Waals surface area (Å²) in [4.78, 5) is 21.4. The number of carbonyl (C=O) groups excluding carboxylic acids is 1. The van der Waals surface area contributed by atoms with Gasteiger partial charge in [-0.1, -0.05) is 12.1 Å². The number of nitrogens with zero attached hydrogens (tertiary/aromatic N) is 5. The van der Waals surface area contributed by atoms with E-state index < -0.39 is 36.7 Å². The smallest absolute Gasteiger partial charge is 0.497 e. The minimum atomic E-state index is -4.79. The Morgan fingerprint density at radius 3 is 2.43 bits per heavy atom. The van der Waals surface area contributed by atoms with E-state index in [1.807, 2.05) is 0 Å². The zero-order chi connectivity index (χ0) is 31.4. The Morgan fingerprint density at radius 1 is 1.09 bits per heavy atom. The number of hydrogen-bond donors (Lipinski definition) is 1. The van der Waals surface area contributed by atoms with E-state index in [0.717, 1.165) is 6.20 Å². The highest BCUT2D eigenvalue weighted by Crippen LogP contribution is 2.46. The average molecular weight is 620 g/mol. The zero-order valence-electron chi connectivity index (χ0n) is 23.4. The third kappa shape index (κ3) is 5.15. The average Bonchev–Trinajstić information content (AvgIpc) is 3.55. The van der Waals surface area contributed by atoms with Crippen molar-refractivity contribution in [2.75, 3.05) is 39.9 Å². The fraction of sp³-hybridized carbons (Fsp3) is 0.345. The van der Waals surface area contributed by atoms with Crippen LogP contribution in [0.4, 0.5) is 22.0 Å². The molecule has 0 saturated carbocycles. The fourth-order valence-corrected chi connectivity index (χ4v) is 5.66. The van der Waals surface area contributed by atoms with Gasteiger partial charge in [0.2, 0.25) is 0 Å². The molecule has 1 amide bonds. The third-order valence-electron chi connectivity index (χ3n) is 7.78. The van der Waals surface area contributed by atoms with Gasteiger partial charge < -0.3 is 24.2 Å². The molecule has 232 valence electrons. The van der Waals surface area contributed by atoms with E-state index >= 15 is 0 Å². The van der Waals surface area contributed by atoms with Crippen molar-refractivity contribution in [1.82, 2.24) is 24.4 Å². The molecule has 0 radical (unpaired) electrons. The number of carbonyl (C=O) groups is 1. The summed E-state index contributed by atoms with van der Waals surface area (Å²) in [7, 11) is 1.47. The molecular weight excluding hydrogens is 593 g/mol. The first-order valence-corrected chi connectivity index (χ1v) is 13.5. The molecule has 2 aromatic heterocycles. The van der Waals surface area contributed by atoms with Gasteiger partial charge in [0.25, 0.3) is 5.91 Å². The van der Waals surface area contributed by atoms with Crippen molar-refractivity contribution in [2.45, 2.75) is 25.4 Å². The number of amides is 1. The number of aromatic nitrogens is 3. The Hall–Kier alpha value is -4.50. The van der Waals surface area contributed by atoms with Crippen LogP contribution in [0.5, 0.6) is 17.2 Å². The molecular formula is C29H26F5N5O5. The van der Waals surface area contributed by atoms with Gasteiger partial charge >= 0.3 is 12.5 Å². The van der Waals surface area contributed by atoms with Gasteiger partial charge in [0, 0.05) is 42.9 Å². The molecule has 0 unspecified atom stereocenters. The summed E-state index contributed by atoms with van der Waals surface area (Å²) >= 11 is 0. The van der Waals surface area contributed by atoms with Gasteiger partial charge in [-0.15, -0.1) is 8.78 Å². The molecule has 1 N–H and O–H groups in total. The van der Waals surface area contributed by atoms with Gasteiger partial charge in [0.05, 0.1) is 31.6 Å². The lowest BCUT2D eigenvalue weighted by molar-refractivity contribution is -0.287. The molecule has 1 fully saturated rings. The van der Waals surface area contributed by atoms with Crippen LogP contribution in [0.2, 0.25) is 0 Å². The topological polar surface area (TPSA) is 102 Å². The monoisotopic (exact) mass is 619 g/mol. The number of halogens is 5. The molecule has 15 heteroatoms. The number of alkyl halides is 5. The van der Waals surface area contributed by atoms with Gasteiger partial charge in [-0.05, 0) is 37.3 Å². The number of para-hydroxylation sites is 1. The SMILES string of the molecule is COc1ccc(-c2nc3c(C(=O)N4CCN([C@@H](CO)c5cccc6c5OC(F)(F)O6)CC4)cnn3c(C(F)(F)F)c2C)cc1. The fourth-order valence-electron chi connectivity index (χ4n) is 5.66. The van der Waals surface area contributed by atoms with Crippen molar-refractivity contribution in [3.63, 3.8) is 0 Å². The lowest BCUT2D eigenvalue weighted by Gasteiger charge is -2.38. The van der Waals surface area contributed by atoms with Crippen molar-refractivity contribution < 1.29 is 46.1 Å². The molecule has 2 aliphatic heterocycles. The maximum absolute atomic E-state index is 14.3. The van der Waals surface area contributed by atoms with Crippen molar-refractivity contribution in [3.8, 4) is 28.5 Å². The predicted octanol–water partition coefficient (Wildman–Crippen LogP) is 4.55. The maximum atomic E-state index is 14.3. The molecule has 0 bridgehead atoms. The molecule has 6 rings (SSSR count). The Balaban J connectivity index is 1.28. The summed E-state index contributed by atoms with van der Waals surface area (Å²) in [5.74, 6) is -0.372. The lowest BCUT2D eigenvalue weighted by Crippen LogP contribution is -2.50. The first-order chi connectivity index (χ1) is 20.9. The molecule has 1 atom stereocenters. The van der Waals surface area contributed by atoms with Crippen molar-refractivity contribution in [2.24, 2.45) is 0 Å². The molecule has 4 aromatic rings. The molecule has 4 heterocycles. The maximum Gasteiger partial charge on any atom is 0.586 e. The Bertz CT molecular complexity index is 1720. The van der Waals surface area contributed by atoms with Gasteiger partial charge in [0.1, 0.15) is 11.3 Å². The van der Waals surface area contributed by atoms with Gasteiger partial charge in [-0.3, -0.25) is 9.69 Å². The van der Waals surface area contributed by atoms with E-state index in [-0.39, 0.29) is 60.1 Å². The molecule has 0 aliphatic carbocycles. The number of fused-ring (bicyclic) bond motifs is 2. The first-order valence-electron chi connectivity index (χ1n) is 13.5. The summed E-state index contributed by atoms with van der Waals surface area (Å²) in [5, 5.41) is 14.1. The standard InChI is InChI=1S/C29H26F5N5O5/c1-16-23(17-6-8-18(42-2)9-7-17)36-26-20(14-35-39(26)25(16)28(30,31)32)27(41)38-12-10-37(11-13-38)21(15-40)19-4-3-5-22-24(19)44-29(33,34)43-22/h3-9,14,21,40H,10-13,15H2,1-2H3/t21-/m0/s1. The quantitative estimate of drug-likeness (QED) is 0.314. The zero-order valence-corrected chi connectivity index (χ0v) is 23.4. The number of hydrogen-bond acceptors (Lipinski definition) is 8. The van der Waals surface area contributed by atoms with E-state index in [0.29, 0.717) is 21.4 Å². The highest BCUT2D eigenvalue weighted by Gasteiger charge is 2.46. The van der Waals surface area contributed by atoms with Crippen molar-refractivity contribution >= 4 is 11.6 Å². The summed E-state index contributed by atoms with van der Waals surface area (Å²) in [6, 6.07) is 10.0. The van der Waals surface area contributed by atoms with Crippen molar-refractivity contribution in [3.05, 3.63) is 71.0 Å². The van der Waals surface area contributed by atoms with E-state index in [1.165, 1.54) is 31.1 Å². The summed E-state index contributed by atoms with van der Waals surface area (Å²) < 4.78 is 85.3. The van der Waals surface area contributed by atoms with Crippen LogP contribution in [0.25, 0.3) is 16.9 Å². The Kier molecular flexibility index (Phi) is 7.32. The molecule has 2 aliphatic rings. The van der Waals surface area contributed by atoms with Crippen LogP contribution in [0.15, 0.2) is 48.7 Å². The lowest BCUT2D eigenvalue weighted by atomic mass is 10.0. The number of methoxy groups -OCH3 is 1. The highest BCUT2D eigenvalue weighted by molar-refractivity contribution is 6.00. The van der Waals surface area contributed by atoms with E-state index in [9.17, 15) is 31.9 Å². The van der Waals surface area contributed by atoms with Crippen LogP contribution in [-0.2, 0) is 6.18 Å². The second-order valence-corrected chi connectivity index (χ2v) is 10.3. The van der Waals surface area contributed by atoms with Gasteiger partial charge in [-0.2, -0.15) is 18.3 Å². The number of aliphatic hydroxyl groups excluding tert-OH is 1. The predicted molar refractivity (Wildman–Crippen MR) is 145 cm³/mol. The summed E-state index contributed by atoms with van der Waals surface area (Å²) in [5.41, 5.74) is -0.798. The Labute approximate surface area is 247 Å².